The SMILES string of the molecule is CCOc1ccc(S(=O)(=O)NCCC(=O)NCc2cccc(Cl)c2)cc1. The molecular weight excluding hydrogens is 376 g/mol. The first-order chi connectivity index (χ1) is 12.4. The maximum Gasteiger partial charge on any atom is 0.240 e. The van der Waals surface area contributed by atoms with Crippen molar-refractivity contribution in [3.63, 3.8) is 0 Å². The van der Waals surface area contributed by atoms with Crippen molar-refractivity contribution in [2.75, 3.05) is 13.2 Å². The van der Waals surface area contributed by atoms with Crippen LogP contribution in [0.15, 0.2) is 53.4 Å². The third kappa shape index (κ3) is 6.33. The minimum Gasteiger partial charge on any atom is -0.494 e. The number of carbonyl (C=O) groups is 1. The number of carbonyl (C=O) groups excluding carboxylic acids is 1. The molecule has 6 nitrogen and oxygen atoms in total. The van der Waals surface area contributed by atoms with Gasteiger partial charge in [-0.3, -0.25) is 4.79 Å². The highest BCUT2D eigenvalue weighted by Crippen LogP contribution is 2.15. The molecule has 0 aliphatic rings. The van der Waals surface area contributed by atoms with Crippen LogP contribution >= 0.6 is 11.6 Å². The van der Waals surface area contributed by atoms with E-state index in [-0.39, 0.29) is 23.8 Å². The van der Waals surface area contributed by atoms with Gasteiger partial charge < -0.3 is 10.1 Å². The van der Waals surface area contributed by atoms with Crippen molar-refractivity contribution in [1.29, 1.82) is 0 Å². The molecule has 0 spiro atoms. The molecule has 0 atom stereocenters. The molecule has 0 saturated carbocycles. The quantitative estimate of drug-likeness (QED) is 0.682. The van der Waals surface area contributed by atoms with Crippen LogP contribution in [0.1, 0.15) is 18.9 Å². The Kier molecular flexibility index (Phi) is 7.44. The maximum atomic E-state index is 12.2. The van der Waals surface area contributed by atoms with Crippen molar-refractivity contribution in [1.82, 2.24) is 10.0 Å². The van der Waals surface area contributed by atoms with Gasteiger partial charge in [0.05, 0.1) is 11.5 Å². The fraction of sp³-hybridized carbons (Fsp3) is 0.278. The minimum absolute atomic E-state index is 0.0108. The van der Waals surface area contributed by atoms with Crippen LogP contribution in [0.5, 0.6) is 5.75 Å². The molecule has 0 aliphatic heterocycles. The lowest BCUT2D eigenvalue weighted by Gasteiger charge is -2.09. The van der Waals surface area contributed by atoms with Gasteiger partial charge in [-0.15, -0.1) is 0 Å². The van der Waals surface area contributed by atoms with Crippen molar-refractivity contribution < 1.29 is 17.9 Å². The van der Waals surface area contributed by atoms with E-state index in [0.29, 0.717) is 23.9 Å². The number of amides is 1. The Labute approximate surface area is 158 Å². The van der Waals surface area contributed by atoms with Gasteiger partial charge in [0.25, 0.3) is 0 Å². The minimum atomic E-state index is -3.66. The largest absolute Gasteiger partial charge is 0.494 e. The van der Waals surface area contributed by atoms with Crippen LogP contribution in [0, 0.1) is 0 Å². The van der Waals surface area contributed by atoms with Gasteiger partial charge in [0.2, 0.25) is 15.9 Å². The highest BCUT2D eigenvalue weighted by atomic mass is 35.5. The summed E-state index contributed by atoms with van der Waals surface area (Å²) in [6, 6.07) is 13.3. The molecule has 0 fully saturated rings. The van der Waals surface area contributed by atoms with E-state index in [1.54, 1.807) is 30.3 Å². The van der Waals surface area contributed by atoms with E-state index in [1.807, 2.05) is 13.0 Å². The van der Waals surface area contributed by atoms with Crippen molar-refractivity contribution in [3.8, 4) is 5.75 Å². The van der Waals surface area contributed by atoms with Gasteiger partial charge in [0.15, 0.2) is 0 Å². The van der Waals surface area contributed by atoms with Gasteiger partial charge in [0, 0.05) is 24.5 Å². The molecule has 1 amide bonds. The zero-order valence-electron chi connectivity index (χ0n) is 14.4. The number of halogens is 1. The van der Waals surface area contributed by atoms with Crippen molar-refractivity contribution >= 4 is 27.5 Å². The average Bonchev–Trinajstić information content (AvgIpc) is 2.61. The molecule has 140 valence electrons. The molecule has 0 unspecified atom stereocenters. The molecule has 0 aliphatic carbocycles. The molecule has 26 heavy (non-hydrogen) atoms. The summed E-state index contributed by atoms with van der Waals surface area (Å²) in [4.78, 5) is 12.0. The third-order valence-electron chi connectivity index (χ3n) is 3.47. The number of nitrogens with one attached hydrogen (secondary N) is 2. The number of benzene rings is 2. The lowest BCUT2D eigenvalue weighted by atomic mass is 10.2. The van der Waals surface area contributed by atoms with Gasteiger partial charge in [0.1, 0.15) is 5.75 Å². The molecular formula is C18H21ClN2O4S. The van der Waals surface area contributed by atoms with E-state index in [1.165, 1.54) is 12.1 Å². The van der Waals surface area contributed by atoms with Gasteiger partial charge in [-0.2, -0.15) is 0 Å². The fourth-order valence-electron chi connectivity index (χ4n) is 2.20. The number of sulfonamides is 1. The lowest BCUT2D eigenvalue weighted by molar-refractivity contribution is -0.121. The second-order valence-electron chi connectivity index (χ2n) is 5.46. The molecule has 2 rings (SSSR count). The van der Waals surface area contributed by atoms with Gasteiger partial charge in [-0.05, 0) is 48.9 Å². The second kappa shape index (κ2) is 9.56. The summed E-state index contributed by atoms with van der Waals surface area (Å²) in [5, 5.41) is 3.32. The van der Waals surface area contributed by atoms with Crippen LogP contribution in [-0.2, 0) is 21.4 Å². The summed E-state index contributed by atoms with van der Waals surface area (Å²) in [7, 11) is -3.66. The number of hydrogen-bond donors (Lipinski definition) is 2. The summed E-state index contributed by atoms with van der Waals surface area (Å²) in [6.07, 6.45) is 0.0385. The molecule has 0 bridgehead atoms. The van der Waals surface area contributed by atoms with E-state index in [0.717, 1.165) is 5.56 Å². The third-order valence-corrected chi connectivity index (χ3v) is 5.18. The van der Waals surface area contributed by atoms with Gasteiger partial charge in [-0.25, -0.2) is 13.1 Å². The zero-order chi connectivity index (χ0) is 19.0. The Morgan fingerprint density at radius 1 is 1.15 bits per heavy atom. The van der Waals surface area contributed by atoms with Gasteiger partial charge in [-0.1, -0.05) is 23.7 Å². The smallest absolute Gasteiger partial charge is 0.240 e. The first kappa shape index (κ1) is 20.2. The normalized spacial score (nSPS) is 11.2. The fourth-order valence-corrected chi connectivity index (χ4v) is 3.44. The zero-order valence-corrected chi connectivity index (χ0v) is 15.9. The molecule has 0 radical (unpaired) electrons. The summed E-state index contributed by atoms with van der Waals surface area (Å²) in [5.41, 5.74) is 0.876. The first-order valence-electron chi connectivity index (χ1n) is 8.14. The Morgan fingerprint density at radius 2 is 1.88 bits per heavy atom. The summed E-state index contributed by atoms with van der Waals surface area (Å²) in [5.74, 6) is 0.353. The summed E-state index contributed by atoms with van der Waals surface area (Å²) in [6.45, 7) is 2.71. The lowest BCUT2D eigenvalue weighted by Crippen LogP contribution is -2.30. The Hall–Kier alpha value is -2.09. The van der Waals surface area contributed by atoms with E-state index < -0.39 is 10.0 Å². The number of rotatable bonds is 9. The second-order valence-corrected chi connectivity index (χ2v) is 7.66. The topological polar surface area (TPSA) is 84.5 Å². The van der Waals surface area contributed by atoms with E-state index in [2.05, 4.69) is 10.0 Å². The highest BCUT2D eigenvalue weighted by molar-refractivity contribution is 7.89. The molecule has 2 N–H and O–H groups in total. The van der Waals surface area contributed by atoms with Crippen molar-refractivity contribution in [2.24, 2.45) is 0 Å². The van der Waals surface area contributed by atoms with Gasteiger partial charge >= 0.3 is 0 Å². The predicted molar refractivity (Wildman–Crippen MR) is 101 cm³/mol. The van der Waals surface area contributed by atoms with E-state index >= 15 is 0 Å². The molecule has 0 aromatic heterocycles. The van der Waals surface area contributed by atoms with E-state index in [9.17, 15) is 13.2 Å². The van der Waals surface area contributed by atoms with Crippen LogP contribution in [0.25, 0.3) is 0 Å². The summed E-state index contributed by atoms with van der Waals surface area (Å²) >= 11 is 5.88. The average molecular weight is 397 g/mol. The molecule has 2 aromatic carbocycles. The van der Waals surface area contributed by atoms with Crippen LogP contribution < -0.4 is 14.8 Å². The predicted octanol–water partition coefficient (Wildman–Crippen LogP) is 2.72. The molecule has 0 heterocycles. The van der Waals surface area contributed by atoms with Crippen LogP contribution in [0.4, 0.5) is 0 Å². The monoisotopic (exact) mass is 396 g/mol. The van der Waals surface area contributed by atoms with Crippen LogP contribution in [0.2, 0.25) is 5.02 Å². The highest BCUT2D eigenvalue weighted by Gasteiger charge is 2.14. The maximum absolute atomic E-state index is 12.2. The Morgan fingerprint density at radius 3 is 2.54 bits per heavy atom. The summed E-state index contributed by atoms with van der Waals surface area (Å²) < 4.78 is 32.1. The molecule has 8 heteroatoms. The number of ether oxygens (including phenoxy) is 1. The Balaban J connectivity index is 1.79. The molecule has 0 saturated heterocycles. The Bertz CT molecular complexity index is 839. The first-order valence-corrected chi connectivity index (χ1v) is 10.0. The van der Waals surface area contributed by atoms with Crippen molar-refractivity contribution in [3.05, 3.63) is 59.1 Å². The number of hydrogen-bond acceptors (Lipinski definition) is 4. The van der Waals surface area contributed by atoms with E-state index in [4.69, 9.17) is 16.3 Å². The van der Waals surface area contributed by atoms with Crippen LogP contribution in [-0.4, -0.2) is 27.5 Å². The molecule has 2 aromatic rings. The van der Waals surface area contributed by atoms with Crippen LogP contribution in [0.3, 0.4) is 0 Å². The standard InChI is InChI=1S/C18H21ClN2O4S/c1-2-25-16-6-8-17(9-7-16)26(23,24)21-11-10-18(22)20-13-14-4-3-5-15(19)12-14/h3-9,12,21H,2,10-11,13H2,1H3,(H,20,22). The van der Waals surface area contributed by atoms with Crippen molar-refractivity contribution in [2.45, 2.75) is 24.8 Å².